The molecule has 2 aromatic rings. The molecule has 0 aromatic heterocycles. The van der Waals surface area contributed by atoms with Crippen molar-refractivity contribution in [1.82, 2.24) is 20.0 Å². The van der Waals surface area contributed by atoms with E-state index in [0.717, 1.165) is 43.6 Å². The molecule has 7 heteroatoms. The van der Waals surface area contributed by atoms with Gasteiger partial charge in [0.1, 0.15) is 5.82 Å². The van der Waals surface area contributed by atoms with Crippen molar-refractivity contribution in [3.05, 3.63) is 71.5 Å². The molecule has 1 aliphatic heterocycles. The van der Waals surface area contributed by atoms with Crippen molar-refractivity contribution >= 4 is 11.9 Å². The molecular weight excluding hydrogens is 443 g/mol. The zero-order valence-corrected chi connectivity index (χ0v) is 20.5. The number of nitrogens with zero attached hydrogens (tertiary/aromatic N) is 3. The molecule has 188 valence electrons. The SMILES string of the molecule is O=C(Cc1ccccc1)N(CCN1CCN(C(=O)NC2CCCCC2)CC1)Cc1ccc(F)cc1. The fraction of sp³-hybridized carbons (Fsp3) is 0.500. The first kappa shape index (κ1) is 25.2. The van der Waals surface area contributed by atoms with E-state index in [9.17, 15) is 14.0 Å². The van der Waals surface area contributed by atoms with Crippen LogP contribution >= 0.6 is 0 Å². The number of hydrogen-bond acceptors (Lipinski definition) is 3. The number of hydrogen-bond donors (Lipinski definition) is 1. The minimum Gasteiger partial charge on any atom is -0.337 e. The predicted octanol–water partition coefficient (Wildman–Crippen LogP) is 4.06. The largest absolute Gasteiger partial charge is 0.337 e. The van der Waals surface area contributed by atoms with Gasteiger partial charge in [-0.25, -0.2) is 9.18 Å². The predicted molar refractivity (Wildman–Crippen MR) is 135 cm³/mol. The first-order valence-corrected chi connectivity index (χ1v) is 12.9. The topological polar surface area (TPSA) is 55.9 Å². The number of benzene rings is 2. The van der Waals surface area contributed by atoms with Crippen molar-refractivity contribution in [3.8, 4) is 0 Å². The van der Waals surface area contributed by atoms with E-state index >= 15 is 0 Å². The monoisotopic (exact) mass is 480 g/mol. The van der Waals surface area contributed by atoms with Gasteiger partial charge in [0.25, 0.3) is 0 Å². The van der Waals surface area contributed by atoms with E-state index < -0.39 is 0 Å². The van der Waals surface area contributed by atoms with Crippen LogP contribution in [0.15, 0.2) is 54.6 Å². The van der Waals surface area contributed by atoms with Gasteiger partial charge in [-0.3, -0.25) is 9.69 Å². The standard InChI is InChI=1S/C28H37FN4O2/c29-25-13-11-24(12-14-25)22-33(27(34)21-23-7-3-1-4-8-23)20-17-31-15-18-32(19-16-31)28(35)30-26-9-5-2-6-10-26/h1,3-4,7-8,11-14,26H,2,5-6,9-10,15-22H2,(H,30,35). The van der Waals surface area contributed by atoms with Crippen LogP contribution in [0, 0.1) is 5.82 Å². The number of piperazine rings is 1. The lowest BCUT2D eigenvalue weighted by Crippen LogP contribution is -2.54. The molecule has 35 heavy (non-hydrogen) atoms. The molecule has 1 aliphatic carbocycles. The van der Waals surface area contributed by atoms with E-state index in [0.29, 0.717) is 38.6 Å². The molecule has 0 spiro atoms. The minimum atomic E-state index is -0.277. The van der Waals surface area contributed by atoms with Gasteiger partial charge in [-0.2, -0.15) is 0 Å². The van der Waals surface area contributed by atoms with Crippen molar-refractivity contribution in [2.75, 3.05) is 39.3 Å². The number of halogens is 1. The van der Waals surface area contributed by atoms with Gasteiger partial charge < -0.3 is 15.1 Å². The molecule has 4 rings (SSSR count). The summed E-state index contributed by atoms with van der Waals surface area (Å²) in [6.07, 6.45) is 6.21. The van der Waals surface area contributed by atoms with Crippen molar-refractivity contribution in [2.45, 2.75) is 51.1 Å². The van der Waals surface area contributed by atoms with Crippen LogP contribution in [0.1, 0.15) is 43.2 Å². The average molecular weight is 481 g/mol. The highest BCUT2D eigenvalue weighted by Gasteiger charge is 2.24. The Morgan fingerprint density at radius 1 is 0.886 bits per heavy atom. The van der Waals surface area contributed by atoms with Crippen LogP contribution in [0.5, 0.6) is 0 Å². The summed E-state index contributed by atoms with van der Waals surface area (Å²) in [6.45, 7) is 4.81. The summed E-state index contributed by atoms with van der Waals surface area (Å²) < 4.78 is 13.4. The fourth-order valence-corrected chi connectivity index (χ4v) is 4.93. The zero-order valence-electron chi connectivity index (χ0n) is 20.5. The number of carbonyl (C=O) groups excluding carboxylic acids is 2. The summed E-state index contributed by atoms with van der Waals surface area (Å²) in [5.74, 6) is -0.215. The van der Waals surface area contributed by atoms with Crippen LogP contribution in [0.2, 0.25) is 0 Å². The Bertz CT molecular complexity index is 939. The first-order chi connectivity index (χ1) is 17.1. The van der Waals surface area contributed by atoms with Crippen LogP contribution in [0.25, 0.3) is 0 Å². The zero-order chi connectivity index (χ0) is 24.5. The molecule has 0 bridgehead atoms. The number of urea groups is 1. The summed E-state index contributed by atoms with van der Waals surface area (Å²) in [5, 5.41) is 3.21. The summed E-state index contributed by atoms with van der Waals surface area (Å²) >= 11 is 0. The smallest absolute Gasteiger partial charge is 0.317 e. The van der Waals surface area contributed by atoms with Crippen molar-refractivity contribution < 1.29 is 14.0 Å². The third-order valence-corrected chi connectivity index (χ3v) is 7.12. The highest BCUT2D eigenvalue weighted by Crippen LogP contribution is 2.18. The molecule has 1 N–H and O–H groups in total. The van der Waals surface area contributed by atoms with Crippen LogP contribution in [-0.2, 0) is 17.8 Å². The lowest BCUT2D eigenvalue weighted by Gasteiger charge is -2.37. The van der Waals surface area contributed by atoms with E-state index in [2.05, 4.69) is 10.2 Å². The lowest BCUT2D eigenvalue weighted by atomic mass is 9.96. The average Bonchev–Trinajstić information content (AvgIpc) is 2.89. The second-order valence-electron chi connectivity index (χ2n) is 9.72. The Labute approximate surface area is 208 Å². The van der Waals surface area contributed by atoms with Gasteiger partial charge in [-0.1, -0.05) is 61.7 Å². The van der Waals surface area contributed by atoms with Crippen LogP contribution in [0.4, 0.5) is 9.18 Å². The number of carbonyl (C=O) groups is 2. The quantitative estimate of drug-likeness (QED) is 0.620. The maximum absolute atomic E-state index is 13.4. The van der Waals surface area contributed by atoms with Gasteiger partial charge in [0.15, 0.2) is 0 Å². The Kier molecular flexibility index (Phi) is 9.12. The number of nitrogens with one attached hydrogen (secondary N) is 1. The van der Waals surface area contributed by atoms with Crippen molar-refractivity contribution in [3.63, 3.8) is 0 Å². The van der Waals surface area contributed by atoms with Gasteiger partial charge >= 0.3 is 6.03 Å². The number of rotatable bonds is 8. The van der Waals surface area contributed by atoms with E-state index in [1.807, 2.05) is 40.1 Å². The second kappa shape index (κ2) is 12.7. The summed E-state index contributed by atoms with van der Waals surface area (Å²) in [5.41, 5.74) is 1.90. The van der Waals surface area contributed by atoms with Crippen LogP contribution in [0.3, 0.4) is 0 Å². The maximum atomic E-state index is 13.4. The summed E-state index contributed by atoms with van der Waals surface area (Å²) in [6, 6.07) is 16.5. The summed E-state index contributed by atoms with van der Waals surface area (Å²) in [7, 11) is 0. The normalized spacial score (nSPS) is 17.2. The van der Waals surface area contributed by atoms with E-state index in [4.69, 9.17) is 0 Å². The van der Waals surface area contributed by atoms with E-state index in [1.54, 1.807) is 12.1 Å². The molecule has 1 heterocycles. The Hall–Kier alpha value is -2.93. The Morgan fingerprint density at radius 3 is 2.26 bits per heavy atom. The molecule has 0 atom stereocenters. The summed E-state index contributed by atoms with van der Waals surface area (Å²) in [4.78, 5) is 31.9. The highest BCUT2D eigenvalue weighted by molar-refractivity contribution is 5.78. The molecule has 2 aromatic carbocycles. The van der Waals surface area contributed by atoms with E-state index in [-0.39, 0.29) is 17.8 Å². The molecule has 2 aliphatic rings. The molecule has 0 unspecified atom stereocenters. The Balaban J connectivity index is 1.28. The van der Waals surface area contributed by atoms with Crippen LogP contribution < -0.4 is 5.32 Å². The third kappa shape index (κ3) is 7.79. The van der Waals surface area contributed by atoms with Gasteiger partial charge in [0.2, 0.25) is 5.91 Å². The minimum absolute atomic E-state index is 0.0611. The Morgan fingerprint density at radius 2 is 1.57 bits per heavy atom. The van der Waals surface area contributed by atoms with Gasteiger partial charge in [0, 0.05) is 51.9 Å². The van der Waals surface area contributed by atoms with E-state index in [1.165, 1.54) is 31.4 Å². The highest BCUT2D eigenvalue weighted by atomic mass is 19.1. The molecule has 2 fully saturated rings. The van der Waals surface area contributed by atoms with Gasteiger partial charge in [-0.05, 0) is 36.1 Å². The molecule has 1 saturated carbocycles. The van der Waals surface area contributed by atoms with Gasteiger partial charge in [-0.15, -0.1) is 0 Å². The molecule has 0 radical (unpaired) electrons. The van der Waals surface area contributed by atoms with Gasteiger partial charge in [0.05, 0.1) is 6.42 Å². The molecule has 3 amide bonds. The molecular formula is C28H37FN4O2. The van der Waals surface area contributed by atoms with Crippen LogP contribution in [-0.4, -0.2) is 71.9 Å². The third-order valence-electron chi connectivity index (χ3n) is 7.12. The molecule has 1 saturated heterocycles. The second-order valence-corrected chi connectivity index (χ2v) is 9.72. The fourth-order valence-electron chi connectivity index (χ4n) is 4.93. The lowest BCUT2D eigenvalue weighted by molar-refractivity contribution is -0.131. The molecule has 6 nitrogen and oxygen atoms in total. The first-order valence-electron chi connectivity index (χ1n) is 12.9. The number of amides is 3. The van der Waals surface area contributed by atoms with Crippen molar-refractivity contribution in [2.24, 2.45) is 0 Å². The maximum Gasteiger partial charge on any atom is 0.317 e. The van der Waals surface area contributed by atoms with Crippen molar-refractivity contribution in [1.29, 1.82) is 0 Å².